The first kappa shape index (κ1) is 20.9. The molecular weight excluding hydrogens is 278 g/mol. The largest absolute Gasteiger partial charge is 0.356 e. The van der Waals surface area contributed by atoms with Gasteiger partial charge in [-0.05, 0) is 31.7 Å². The van der Waals surface area contributed by atoms with Gasteiger partial charge < -0.3 is 16.0 Å². The van der Waals surface area contributed by atoms with Crippen molar-refractivity contribution in [3.8, 4) is 0 Å². The van der Waals surface area contributed by atoms with E-state index in [-0.39, 0.29) is 11.8 Å². The average Bonchev–Trinajstić information content (AvgIpc) is 2.48. The highest BCUT2D eigenvalue weighted by Gasteiger charge is 2.02. The minimum atomic E-state index is 0.123. The Morgan fingerprint density at radius 2 is 1.36 bits per heavy atom. The normalized spacial score (nSPS) is 10.7. The van der Waals surface area contributed by atoms with Gasteiger partial charge in [0.2, 0.25) is 11.8 Å². The van der Waals surface area contributed by atoms with Gasteiger partial charge in [0, 0.05) is 32.5 Å². The molecule has 0 bridgehead atoms. The lowest BCUT2D eigenvalue weighted by Gasteiger charge is -2.07. The third kappa shape index (κ3) is 15.3. The summed E-state index contributed by atoms with van der Waals surface area (Å²) < 4.78 is 0. The molecule has 5 heteroatoms. The Labute approximate surface area is 136 Å². The second-order valence-electron chi connectivity index (χ2n) is 6.15. The zero-order chi connectivity index (χ0) is 16.6. The molecule has 0 radical (unpaired) electrons. The number of amides is 2. The number of unbranched alkanes of at least 4 members (excludes halogenated alkanes) is 3. The van der Waals surface area contributed by atoms with Crippen molar-refractivity contribution in [1.29, 1.82) is 0 Å². The average molecular weight is 313 g/mol. The molecule has 0 aliphatic rings. The van der Waals surface area contributed by atoms with E-state index in [9.17, 15) is 9.59 Å². The number of carbonyl (C=O) groups excluding carboxylic acids is 2. The fraction of sp³-hybridized carbons (Fsp3) is 0.882. The van der Waals surface area contributed by atoms with Crippen LogP contribution in [0.4, 0.5) is 0 Å². The van der Waals surface area contributed by atoms with Gasteiger partial charge >= 0.3 is 0 Å². The highest BCUT2D eigenvalue weighted by atomic mass is 16.2. The molecule has 0 atom stereocenters. The van der Waals surface area contributed by atoms with Gasteiger partial charge in [-0.25, -0.2) is 0 Å². The smallest absolute Gasteiger partial charge is 0.221 e. The minimum absolute atomic E-state index is 0.123. The quantitative estimate of drug-likeness (QED) is 0.431. The molecule has 0 fully saturated rings. The first-order valence-electron chi connectivity index (χ1n) is 8.80. The number of nitrogens with one attached hydrogen (secondary N) is 3. The Morgan fingerprint density at radius 3 is 1.86 bits per heavy atom. The Morgan fingerprint density at radius 1 is 0.818 bits per heavy atom. The molecule has 2 amide bonds. The van der Waals surface area contributed by atoms with Crippen LogP contribution >= 0.6 is 0 Å². The third-order valence-electron chi connectivity index (χ3n) is 3.48. The molecule has 130 valence electrons. The number of carbonyl (C=O) groups is 2. The van der Waals surface area contributed by atoms with Crippen molar-refractivity contribution in [2.75, 3.05) is 26.2 Å². The van der Waals surface area contributed by atoms with Gasteiger partial charge in [-0.3, -0.25) is 9.59 Å². The van der Waals surface area contributed by atoms with E-state index in [1.165, 1.54) is 0 Å². The SMILES string of the molecule is CCNCCC(=O)NCCCCCCNC(=O)CCC(C)C. The topological polar surface area (TPSA) is 70.2 Å². The fourth-order valence-electron chi connectivity index (χ4n) is 2.03. The molecule has 0 aliphatic carbocycles. The van der Waals surface area contributed by atoms with Crippen molar-refractivity contribution >= 4 is 11.8 Å². The van der Waals surface area contributed by atoms with Crippen LogP contribution in [-0.2, 0) is 9.59 Å². The number of rotatable bonds is 14. The van der Waals surface area contributed by atoms with E-state index >= 15 is 0 Å². The molecule has 0 aromatic heterocycles. The summed E-state index contributed by atoms with van der Waals surface area (Å²) >= 11 is 0. The van der Waals surface area contributed by atoms with E-state index < -0.39 is 0 Å². The highest BCUT2D eigenvalue weighted by molar-refractivity contribution is 5.76. The predicted molar refractivity (Wildman–Crippen MR) is 91.7 cm³/mol. The zero-order valence-electron chi connectivity index (χ0n) is 14.7. The fourth-order valence-corrected chi connectivity index (χ4v) is 2.03. The minimum Gasteiger partial charge on any atom is -0.356 e. The summed E-state index contributed by atoms with van der Waals surface area (Å²) in [5.41, 5.74) is 0. The summed E-state index contributed by atoms with van der Waals surface area (Å²) in [6.45, 7) is 9.47. The van der Waals surface area contributed by atoms with Crippen molar-refractivity contribution in [1.82, 2.24) is 16.0 Å². The van der Waals surface area contributed by atoms with E-state index in [1.807, 2.05) is 6.92 Å². The van der Waals surface area contributed by atoms with Gasteiger partial charge in [-0.1, -0.05) is 33.6 Å². The molecule has 0 saturated carbocycles. The van der Waals surface area contributed by atoms with Crippen LogP contribution in [0.5, 0.6) is 0 Å². The van der Waals surface area contributed by atoms with Gasteiger partial charge in [0.1, 0.15) is 0 Å². The molecule has 0 aliphatic heterocycles. The van der Waals surface area contributed by atoms with E-state index in [1.54, 1.807) is 0 Å². The predicted octanol–water partition coefficient (Wildman–Crippen LogP) is 2.21. The first-order valence-corrected chi connectivity index (χ1v) is 8.80. The highest BCUT2D eigenvalue weighted by Crippen LogP contribution is 2.03. The Kier molecular flexibility index (Phi) is 14.1. The standard InChI is InChI=1S/C17H35N3O2/c1-4-18-14-11-17(22)20-13-8-6-5-7-12-19-16(21)10-9-15(2)3/h15,18H,4-14H2,1-3H3,(H,19,21)(H,20,22). The second kappa shape index (κ2) is 14.8. The molecule has 3 N–H and O–H groups in total. The van der Waals surface area contributed by atoms with Crippen LogP contribution in [0.1, 0.15) is 65.7 Å². The van der Waals surface area contributed by atoms with Crippen LogP contribution in [0.2, 0.25) is 0 Å². The Bertz CT molecular complexity index is 294. The lowest BCUT2D eigenvalue weighted by molar-refractivity contribution is -0.122. The summed E-state index contributed by atoms with van der Waals surface area (Å²) in [6.07, 6.45) is 6.36. The van der Waals surface area contributed by atoms with E-state index in [0.29, 0.717) is 18.8 Å². The van der Waals surface area contributed by atoms with Crippen molar-refractivity contribution in [3.63, 3.8) is 0 Å². The summed E-state index contributed by atoms with van der Waals surface area (Å²) in [7, 11) is 0. The second-order valence-corrected chi connectivity index (χ2v) is 6.15. The van der Waals surface area contributed by atoms with Crippen LogP contribution in [0.15, 0.2) is 0 Å². The first-order chi connectivity index (χ1) is 10.6. The molecule has 22 heavy (non-hydrogen) atoms. The van der Waals surface area contributed by atoms with Crippen molar-refractivity contribution < 1.29 is 9.59 Å². The van der Waals surface area contributed by atoms with Crippen LogP contribution in [-0.4, -0.2) is 38.0 Å². The van der Waals surface area contributed by atoms with Gasteiger partial charge in [-0.2, -0.15) is 0 Å². The van der Waals surface area contributed by atoms with E-state index in [0.717, 1.165) is 58.3 Å². The molecule has 0 saturated heterocycles. The van der Waals surface area contributed by atoms with Crippen LogP contribution in [0, 0.1) is 5.92 Å². The van der Waals surface area contributed by atoms with Gasteiger partial charge in [0.05, 0.1) is 0 Å². The summed E-state index contributed by atoms with van der Waals surface area (Å²) in [5, 5.41) is 9.02. The molecule has 0 aromatic rings. The number of hydrogen-bond acceptors (Lipinski definition) is 3. The van der Waals surface area contributed by atoms with E-state index in [4.69, 9.17) is 0 Å². The molecule has 0 heterocycles. The maximum Gasteiger partial charge on any atom is 0.221 e. The van der Waals surface area contributed by atoms with Crippen molar-refractivity contribution in [2.45, 2.75) is 65.7 Å². The molecule has 0 unspecified atom stereocenters. The molecule has 0 aromatic carbocycles. The monoisotopic (exact) mass is 313 g/mol. The van der Waals surface area contributed by atoms with Crippen molar-refractivity contribution in [3.05, 3.63) is 0 Å². The van der Waals surface area contributed by atoms with Gasteiger partial charge in [0.25, 0.3) is 0 Å². The maximum absolute atomic E-state index is 11.5. The summed E-state index contributed by atoms with van der Waals surface area (Å²) in [5.74, 6) is 0.874. The maximum atomic E-state index is 11.5. The molecule has 0 rings (SSSR count). The molecular formula is C17H35N3O2. The summed E-state index contributed by atoms with van der Waals surface area (Å²) in [4.78, 5) is 22.9. The summed E-state index contributed by atoms with van der Waals surface area (Å²) in [6, 6.07) is 0. The van der Waals surface area contributed by atoms with Crippen molar-refractivity contribution in [2.24, 2.45) is 5.92 Å². The zero-order valence-corrected chi connectivity index (χ0v) is 14.7. The Balaban J connectivity index is 3.26. The van der Waals surface area contributed by atoms with Crippen LogP contribution in [0.25, 0.3) is 0 Å². The van der Waals surface area contributed by atoms with E-state index in [2.05, 4.69) is 29.8 Å². The molecule has 0 spiro atoms. The lowest BCUT2D eigenvalue weighted by atomic mass is 10.1. The number of hydrogen-bond donors (Lipinski definition) is 3. The van der Waals surface area contributed by atoms with Gasteiger partial charge in [0.15, 0.2) is 0 Å². The van der Waals surface area contributed by atoms with Crippen LogP contribution in [0.3, 0.4) is 0 Å². The molecule has 5 nitrogen and oxygen atoms in total. The lowest BCUT2D eigenvalue weighted by Crippen LogP contribution is -2.28. The third-order valence-corrected chi connectivity index (χ3v) is 3.48. The Hall–Kier alpha value is -1.10. The van der Waals surface area contributed by atoms with Gasteiger partial charge in [-0.15, -0.1) is 0 Å². The van der Waals surface area contributed by atoms with Crippen LogP contribution < -0.4 is 16.0 Å².